The molecule has 0 atom stereocenters. The van der Waals surface area contributed by atoms with E-state index in [9.17, 15) is 9.59 Å². The molecule has 1 heterocycles. The average molecular weight is 473 g/mol. The Bertz CT molecular complexity index is 1130. The number of carbonyl (C=O) groups excluding carboxylic acids is 2. The van der Waals surface area contributed by atoms with Crippen LogP contribution in [-0.2, 0) is 10.2 Å². The van der Waals surface area contributed by atoms with Crippen molar-refractivity contribution < 1.29 is 9.59 Å². The van der Waals surface area contributed by atoms with Gasteiger partial charge in [-0.1, -0.05) is 61.7 Å². The smallest absolute Gasteiger partial charge is 0.254 e. The minimum absolute atomic E-state index is 0.146. The monoisotopic (exact) mass is 472 g/mol. The van der Waals surface area contributed by atoms with E-state index in [-0.39, 0.29) is 23.8 Å². The lowest BCUT2D eigenvalue weighted by Crippen LogP contribution is -2.35. The van der Waals surface area contributed by atoms with Gasteiger partial charge in [-0.3, -0.25) is 9.59 Å². The second kappa shape index (κ2) is 9.35. The molecule has 0 unspecified atom stereocenters. The Hall–Kier alpha value is -2.83. The molecule has 0 fully saturated rings. The number of nitrogens with one attached hydrogen (secondary N) is 1. The maximum atomic E-state index is 12.8. The van der Waals surface area contributed by atoms with Crippen LogP contribution in [0.1, 0.15) is 42.4 Å². The molecule has 0 aliphatic carbocycles. The number of rotatable bonds is 5. The predicted octanol–water partition coefficient (Wildman–Crippen LogP) is 5.50. The molecule has 2 aromatic carbocycles. The van der Waals surface area contributed by atoms with Crippen molar-refractivity contribution in [3.63, 3.8) is 0 Å². The first-order chi connectivity index (χ1) is 14.9. The molecule has 1 N–H and O–H groups in total. The third-order valence-electron chi connectivity index (χ3n) is 4.86. The fourth-order valence-corrected chi connectivity index (χ4v) is 3.61. The van der Waals surface area contributed by atoms with Crippen LogP contribution in [-0.4, -0.2) is 40.1 Å². The number of carbonyl (C=O) groups is 2. The van der Waals surface area contributed by atoms with Gasteiger partial charge in [0, 0.05) is 34.1 Å². The first kappa shape index (κ1) is 23.8. The van der Waals surface area contributed by atoms with Gasteiger partial charge < -0.3 is 10.2 Å². The zero-order chi connectivity index (χ0) is 23.6. The second-order valence-electron chi connectivity index (χ2n) is 8.78. The van der Waals surface area contributed by atoms with Crippen molar-refractivity contribution in [2.75, 3.05) is 18.9 Å². The normalized spacial score (nSPS) is 11.3. The molecule has 0 saturated heterocycles. The van der Waals surface area contributed by atoms with Crippen LogP contribution in [0.3, 0.4) is 0 Å². The fraction of sp³-hybridized carbons (Fsp3) is 0.292. The highest BCUT2D eigenvalue weighted by Gasteiger charge is 2.22. The third kappa shape index (κ3) is 5.69. The van der Waals surface area contributed by atoms with Gasteiger partial charge in [-0.25, -0.2) is 4.68 Å². The lowest BCUT2D eigenvalue weighted by atomic mass is 9.92. The number of nitrogens with zero attached hydrogens (tertiary/aromatic N) is 3. The van der Waals surface area contributed by atoms with Crippen LogP contribution in [0.4, 0.5) is 5.82 Å². The molecule has 0 spiro atoms. The highest BCUT2D eigenvalue weighted by atomic mass is 35.5. The zero-order valence-electron chi connectivity index (χ0n) is 18.7. The van der Waals surface area contributed by atoms with Gasteiger partial charge in [-0.2, -0.15) is 5.10 Å². The third-order valence-corrected chi connectivity index (χ3v) is 5.30. The first-order valence-corrected chi connectivity index (χ1v) is 10.9. The molecular formula is C24H26Cl2N4O2. The highest BCUT2D eigenvalue weighted by Crippen LogP contribution is 2.26. The van der Waals surface area contributed by atoms with E-state index >= 15 is 0 Å². The molecule has 1 aromatic heterocycles. The summed E-state index contributed by atoms with van der Waals surface area (Å²) < 4.78 is 1.70. The van der Waals surface area contributed by atoms with Crippen molar-refractivity contribution in [3.8, 4) is 5.69 Å². The Balaban J connectivity index is 1.81. The van der Waals surface area contributed by atoms with Gasteiger partial charge in [-0.15, -0.1) is 0 Å². The quantitative estimate of drug-likeness (QED) is 0.533. The van der Waals surface area contributed by atoms with Gasteiger partial charge in [0.05, 0.1) is 17.9 Å². The van der Waals surface area contributed by atoms with Gasteiger partial charge in [-0.05, 0) is 37.3 Å². The van der Waals surface area contributed by atoms with Crippen molar-refractivity contribution in [1.82, 2.24) is 14.7 Å². The van der Waals surface area contributed by atoms with Gasteiger partial charge >= 0.3 is 0 Å². The molecule has 3 aromatic rings. The van der Waals surface area contributed by atoms with Crippen molar-refractivity contribution in [2.45, 2.75) is 33.1 Å². The molecular weight excluding hydrogens is 447 g/mol. The van der Waals surface area contributed by atoms with Crippen LogP contribution in [0.5, 0.6) is 0 Å². The van der Waals surface area contributed by atoms with E-state index in [0.717, 1.165) is 16.9 Å². The van der Waals surface area contributed by atoms with Crippen molar-refractivity contribution in [2.24, 2.45) is 0 Å². The molecule has 0 aliphatic rings. The Morgan fingerprint density at radius 3 is 2.19 bits per heavy atom. The molecule has 168 valence electrons. The number of halogens is 2. The van der Waals surface area contributed by atoms with E-state index in [1.807, 2.05) is 37.3 Å². The Kier molecular flexibility index (Phi) is 6.96. The predicted molar refractivity (Wildman–Crippen MR) is 129 cm³/mol. The summed E-state index contributed by atoms with van der Waals surface area (Å²) >= 11 is 12.0. The van der Waals surface area contributed by atoms with Crippen LogP contribution >= 0.6 is 23.2 Å². The zero-order valence-corrected chi connectivity index (χ0v) is 20.3. The lowest BCUT2D eigenvalue weighted by molar-refractivity contribution is -0.116. The Morgan fingerprint density at radius 1 is 1.03 bits per heavy atom. The number of amides is 2. The topological polar surface area (TPSA) is 67.2 Å². The number of likely N-dealkylation sites (N-methyl/N-ethyl adjacent to an activating group) is 1. The Labute approximate surface area is 198 Å². The van der Waals surface area contributed by atoms with Crippen molar-refractivity contribution in [1.29, 1.82) is 0 Å². The molecule has 8 heteroatoms. The molecule has 6 nitrogen and oxygen atoms in total. The summed E-state index contributed by atoms with van der Waals surface area (Å²) in [7, 11) is 1.55. The average Bonchev–Trinajstić information content (AvgIpc) is 3.11. The largest absolute Gasteiger partial charge is 0.332 e. The molecule has 3 rings (SSSR count). The van der Waals surface area contributed by atoms with E-state index < -0.39 is 0 Å². The number of hydrogen-bond acceptors (Lipinski definition) is 3. The number of benzene rings is 2. The number of hydrogen-bond donors (Lipinski definition) is 1. The summed E-state index contributed by atoms with van der Waals surface area (Å²) in [5.74, 6) is -0.162. The number of aryl methyl sites for hydroxylation is 1. The molecule has 0 aliphatic heterocycles. The second-order valence-corrected chi connectivity index (χ2v) is 9.65. The standard InChI is InChI=1S/C24H26Cl2N4O2/c1-15-6-8-19(9-7-15)30-21(13-20(28-30)24(2,3)4)27-22(31)14-29(5)23(32)16-10-17(25)12-18(26)11-16/h6-13H,14H2,1-5H3,(H,27,31). The molecule has 32 heavy (non-hydrogen) atoms. The summed E-state index contributed by atoms with van der Waals surface area (Å²) in [6.07, 6.45) is 0. The lowest BCUT2D eigenvalue weighted by Gasteiger charge is -2.17. The number of aromatic nitrogens is 2. The van der Waals surface area contributed by atoms with Crippen molar-refractivity contribution in [3.05, 3.63) is 75.4 Å². The number of anilines is 1. The van der Waals surface area contributed by atoms with Gasteiger partial charge in [0.1, 0.15) is 5.82 Å². The van der Waals surface area contributed by atoms with Crippen molar-refractivity contribution >= 4 is 40.8 Å². The van der Waals surface area contributed by atoms with E-state index in [0.29, 0.717) is 21.4 Å². The molecule has 0 bridgehead atoms. The minimum atomic E-state index is -0.355. The van der Waals surface area contributed by atoms with Gasteiger partial charge in [0.25, 0.3) is 5.91 Å². The first-order valence-electron chi connectivity index (χ1n) is 10.1. The summed E-state index contributed by atoms with van der Waals surface area (Å²) in [4.78, 5) is 26.8. The van der Waals surface area contributed by atoms with E-state index in [1.165, 1.54) is 17.0 Å². The maximum Gasteiger partial charge on any atom is 0.254 e. The van der Waals surface area contributed by atoms with Gasteiger partial charge in [0.2, 0.25) is 5.91 Å². The SMILES string of the molecule is Cc1ccc(-n2nc(C(C)(C)C)cc2NC(=O)CN(C)C(=O)c2cc(Cl)cc(Cl)c2)cc1. The Morgan fingerprint density at radius 2 is 1.62 bits per heavy atom. The van der Waals surface area contributed by atoms with Gasteiger partial charge in [0.15, 0.2) is 0 Å². The van der Waals surface area contributed by atoms with Crippen LogP contribution in [0.25, 0.3) is 5.69 Å². The highest BCUT2D eigenvalue weighted by molar-refractivity contribution is 6.35. The van der Waals surface area contributed by atoms with E-state index in [4.69, 9.17) is 28.3 Å². The summed E-state index contributed by atoms with van der Waals surface area (Å²) in [6.45, 7) is 8.04. The summed E-state index contributed by atoms with van der Waals surface area (Å²) in [5.41, 5.74) is 2.92. The van der Waals surface area contributed by atoms with Crippen LogP contribution in [0.2, 0.25) is 10.0 Å². The minimum Gasteiger partial charge on any atom is -0.332 e. The van der Waals surface area contributed by atoms with Crippen LogP contribution in [0, 0.1) is 6.92 Å². The van der Waals surface area contributed by atoms with Crippen LogP contribution < -0.4 is 5.32 Å². The maximum absolute atomic E-state index is 12.8. The molecule has 2 amide bonds. The summed E-state index contributed by atoms with van der Waals surface area (Å²) in [6, 6.07) is 14.3. The van der Waals surface area contributed by atoms with Crippen LogP contribution in [0.15, 0.2) is 48.5 Å². The fourth-order valence-electron chi connectivity index (χ4n) is 3.09. The molecule has 0 radical (unpaired) electrons. The summed E-state index contributed by atoms with van der Waals surface area (Å²) in [5, 5.41) is 8.31. The molecule has 0 saturated carbocycles. The van der Waals surface area contributed by atoms with E-state index in [2.05, 4.69) is 26.1 Å². The van der Waals surface area contributed by atoms with E-state index in [1.54, 1.807) is 17.8 Å².